The summed E-state index contributed by atoms with van der Waals surface area (Å²) in [4.78, 5) is 0. The highest BCUT2D eigenvalue weighted by Gasteiger charge is 2.07. The van der Waals surface area contributed by atoms with E-state index in [0.717, 1.165) is 5.56 Å². The minimum Gasteiger partial charge on any atom is -0.397 e. The fourth-order valence-corrected chi connectivity index (χ4v) is 1.63. The highest BCUT2D eigenvalue weighted by molar-refractivity contribution is 5.66. The van der Waals surface area contributed by atoms with Crippen molar-refractivity contribution in [3.05, 3.63) is 59.9 Å². The molecule has 0 spiro atoms. The second-order valence-corrected chi connectivity index (χ2v) is 3.82. The van der Waals surface area contributed by atoms with E-state index in [-0.39, 0.29) is 5.82 Å². The van der Waals surface area contributed by atoms with Crippen molar-refractivity contribution in [3.63, 3.8) is 0 Å². The molecule has 0 aliphatic heterocycles. The van der Waals surface area contributed by atoms with E-state index in [4.69, 9.17) is 11.6 Å². The summed E-state index contributed by atoms with van der Waals surface area (Å²) in [5.74, 6) is 5.53. The first-order chi connectivity index (χ1) is 8.16. The van der Waals surface area contributed by atoms with Crippen molar-refractivity contribution in [3.8, 4) is 0 Å². The van der Waals surface area contributed by atoms with Crippen molar-refractivity contribution in [2.75, 3.05) is 10.7 Å². The Balaban J connectivity index is 2.20. The number of halogens is 1. The van der Waals surface area contributed by atoms with Gasteiger partial charge in [0.25, 0.3) is 0 Å². The van der Waals surface area contributed by atoms with Gasteiger partial charge in [-0.2, -0.15) is 0 Å². The van der Waals surface area contributed by atoms with E-state index < -0.39 is 0 Å². The zero-order valence-corrected chi connectivity index (χ0v) is 9.31. The largest absolute Gasteiger partial charge is 0.397 e. The van der Waals surface area contributed by atoms with Crippen LogP contribution in [0.4, 0.5) is 15.8 Å². The SMILES string of the molecule is Nc1ccc(F)cc1N(N)Cc1ccccc1. The van der Waals surface area contributed by atoms with Crippen molar-refractivity contribution in [1.82, 2.24) is 0 Å². The van der Waals surface area contributed by atoms with Gasteiger partial charge in [0.05, 0.1) is 17.9 Å². The lowest BCUT2D eigenvalue weighted by atomic mass is 10.2. The van der Waals surface area contributed by atoms with Crippen LogP contribution in [0, 0.1) is 5.82 Å². The summed E-state index contributed by atoms with van der Waals surface area (Å²) in [6.45, 7) is 0.481. The van der Waals surface area contributed by atoms with Gasteiger partial charge in [0.1, 0.15) is 5.82 Å². The smallest absolute Gasteiger partial charge is 0.125 e. The molecule has 0 bridgehead atoms. The molecule has 0 heterocycles. The molecule has 0 unspecified atom stereocenters. The first-order valence-corrected chi connectivity index (χ1v) is 5.28. The summed E-state index contributed by atoms with van der Waals surface area (Å²) in [7, 11) is 0. The number of hydrazine groups is 1. The van der Waals surface area contributed by atoms with Crippen molar-refractivity contribution >= 4 is 11.4 Å². The van der Waals surface area contributed by atoms with Crippen molar-refractivity contribution < 1.29 is 4.39 Å². The Hall–Kier alpha value is -2.07. The number of benzene rings is 2. The monoisotopic (exact) mass is 231 g/mol. The molecule has 0 fully saturated rings. The van der Waals surface area contributed by atoms with Crippen LogP contribution in [0.1, 0.15) is 5.56 Å². The first kappa shape index (κ1) is 11.4. The van der Waals surface area contributed by atoms with E-state index in [1.165, 1.54) is 23.2 Å². The molecule has 0 atom stereocenters. The predicted molar refractivity (Wildman–Crippen MR) is 67.6 cm³/mol. The van der Waals surface area contributed by atoms with E-state index >= 15 is 0 Å². The highest BCUT2D eigenvalue weighted by atomic mass is 19.1. The summed E-state index contributed by atoms with van der Waals surface area (Å²) in [6.07, 6.45) is 0. The second-order valence-electron chi connectivity index (χ2n) is 3.82. The van der Waals surface area contributed by atoms with Crippen LogP contribution in [0.5, 0.6) is 0 Å². The summed E-state index contributed by atoms with van der Waals surface area (Å²) in [5.41, 5.74) is 7.75. The molecular formula is C13H14FN3. The van der Waals surface area contributed by atoms with Gasteiger partial charge in [-0.1, -0.05) is 30.3 Å². The molecule has 2 rings (SSSR count). The first-order valence-electron chi connectivity index (χ1n) is 5.28. The topological polar surface area (TPSA) is 55.3 Å². The summed E-state index contributed by atoms with van der Waals surface area (Å²) < 4.78 is 13.1. The van der Waals surface area contributed by atoms with Gasteiger partial charge in [0, 0.05) is 6.07 Å². The van der Waals surface area contributed by atoms with Crippen molar-refractivity contribution in [2.24, 2.45) is 5.84 Å². The van der Waals surface area contributed by atoms with Gasteiger partial charge in [-0.3, -0.25) is 0 Å². The molecule has 0 saturated carbocycles. The maximum Gasteiger partial charge on any atom is 0.125 e. The average molecular weight is 231 g/mol. The van der Waals surface area contributed by atoms with Gasteiger partial charge in [0.15, 0.2) is 0 Å². The van der Waals surface area contributed by atoms with Crippen molar-refractivity contribution in [1.29, 1.82) is 0 Å². The molecule has 17 heavy (non-hydrogen) atoms. The van der Waals surface area contributed by atoms with Crippen LogP contribution in [0.3, 0.4) is 0 Å². The van der Waals surface area contributed by atoms with Crippen LogP contribution in [-0.2, 0) is 6.54 Å². The van der Waals surface area contributed by atoms with E-state index in [9.17, 15) is 4.39 Å². The summed E-state index contributed by atoms with van der Waals surface area (Å²) >= 11 is 0. The Kier molecular flexibility index (Phi) is 3.25. The Morgan fingerprint density at radius 2 is 1.76 bits per heavy atom. The fraction of sp³-hybridized carbons (Fsp3) is 0.0769. The Morgan fingerprint density at radius 3 is 2.47 bits per heavy atom. The third-order valence-corrected chi connectivity index (χ3v) is 2.50. The van der Waals surface area contributed by atoms with E-state index in [1.54, 1.807) is 0 Å². The average Bonchev–Trinajstić information content (AvgIpc) is 2.33. The van der Waals surface area contributed by atoms with Crippen LogP contribution in [0.25, 0.3) is 0 Å². The lowest BCUT2D eigenvalue weighted by molar-refractivity contribution is 0.627. The number of nitrogen functional groups attached to an aromatic ring is 1. The molecule has 88 valence electrons. The summed E-state index contributed by atoms with van der Waals surface area (Å²) in [5, 5.41) is 1.44. The number of nitrogens with zero attached hydrogens (tertiary/aromatic N) is 1. The van der Waals surface area contributed by atoms with Crippen LogP contribution < -0.4 is 16.6 Å². The zero-order valence-electron chi connectivity index (χ0n) is 9.31. The maximum atomic E-state index is 13.1. The minimum atomic E-state index is -0.349. The normalized spacial score (nSPS) is 10.2. The number of nitrogens with two attached hydrogens (primary N) is 2. The van der Waals surface area contributed by atoms with Crippen LogP contribution >= 0.6 is 0 Å². The molecule has 4 heteroatoms. The minimum absolute atomic E-state index is 0.349. The van der Waals surface area contributed by atoms with Gasteiger partial charge >= 0.3 is 0 Å². The quantitative estimate of drug-likeness (QED) is 0.484. The molecule has 0 radical (unpaired) electrons. The number of anilines is 2. The molecule has 0 aliphatic carbocycles. The van der Waals surface area contributed by atoms with E-state index in [1.807, 2.05) is 30.3 Å². The Bertz CT molecular complexity index is 499. The van der Waals surface area contributed by atoms with Crippen molar-refractivity contribution in [2.45, 2.75) is 6.54 Å². The number of hydrogen-bond donors (Lipinski definition) is 2. The molecule has 2 aromatic rings. The summed E-state index contributed by atoms with van der Waals surface area (Å²) in [6, 6.07) is 13.9. The molecule has 0 saturated heterocycles. The van der Waals surface area contributed by atoms with Crippen LogP contribution in [0.15, 0.2) is 48.5 Å². The van der Waals surface area contributed by atoms with Gasteiger partial charge in [-0.25, -0.2) is 10.2 Å². The molecule has 3 nitrogen and oxygen atoms in total. The van der Waals surface area contributed by atoms with E-state index in [0.29, 0.717) is 17.9 Å². The zero-order chi connectivity index (χ0) is 12.3. The Morgan fingerprint density at radius 1 is 1.06 bits per heavy atom. The van der Waals surface area contributed by atoms with Gasteiger partial charge in [-0.05, 0) is 17.7 Å². The standard InChI is InChI=1S/C13H14FN3/c14-11-6-7-12(15)13(8-11)17(16)9-10-4-2-1-3-5-10/h1-8H,9,15-16H2. The molecule has 0 amide bonds. The second kappa shape index (κ2) is 4.84. The lowest BCUT2D eigenvalue weighted by Gasteiger charge is -2.20. The van der Waals surface area contributed by atoms with E-state index in [2.05, 4.69) is 0 Å². The molecule has 0 aliphatic rings. The molecule has 4 N–H and O–H groups in total. The highest BCUT2D eigenvalue weighted by Crippen LogP contribution is 2.23. The van der Waals surface area contributed by atoms with Gasteiger partial charge in [-0.15, -0.1) is 0 Å². The molecule has 0 aromatic heterocycles. The van der Waals surface area contributed by atoms with Gasteiger partial charge < -0.3 is 10.7 Å². The number of hydrogen-bond acceptors (Lipinski definition) is 3. The lowest BCUT2D eigenvalue weighted by Crippen LogP contribution is -2.30. The molecular weight excluding hydrogens is 217 g/mol. The number of rotatable bonds is 3. The maximum absolute atomic E-state index is 13.1. The molecule has 2 aromatic carbocycles. The van der Waals surface area contributed by atoms with Crippen LogP contribution in [-0.4, -0.2) is 0 Å². The predicted octanol–water partition coefficient (Wildman–Crippen LogP) is 2.29. The third kappa shape index (κ3) is 2.73. The van der Waals surface area contributed by atoms with Gasteiger partial charge in [0.2, 0.25) is 0 Å². The fourth-order valence-electron chi connectivity index (χ4n) is 1.63. The third-order valence-electron chi connectivity index (χ3n) is 2.50. The van der Waals surface area contributed by atoms with Crippen LogP contribution in [0.2, 0.25) is 0 Å². The Labute approximate surface area is 99.4 Å².